The highest BCUT2D eigenvalue weighted by molar-refractivity contribution is 5.33. The molecule has 0 saturated carbocycles. The molecule has 0 amide bonds. The SMILES string of the molecule is OCC(F)(F)c1ccccc1C(F)(F)F. The molecule has 0 aliphatic heterocycles. The monoisotopic (exact) mass is 226 g/mol. The number of hydrogen-bond acceptors (Lipinski definition) is 1. The van der Waals surface area contributed by atoms with E-state index in [-0.39, 0.29) is 0 Å². The highest BCUT2D eigenvalue weighted by Crippen LogP contribution is 2.38. The molecule has 0 saturated heterocycles. The zero-order valence-electron chi connectivity index (χ0n) is 7.35. The van der Waals surface area contributed by atoms with Crippen molar-refractivity contribution in [2.24, 2.45) is 0 Å². The van der Waals surface area contributed by atoms with Crippen LogP contribution < -0.4 is 0 Å². The number of benzene rings is 1. The normalized spacial score (nSPS) is 12.9. The summed E-state index contributed by atoms with van der Waals surface area (Å²) >= 11 is 0. The van der Waals surface area contributed by atoms with E-state index in [1.165, 1.54) is 0 Å². The van der Waals surface area contributed by atoms with Crippen molar-refractivity contribution in [2.45, 2.75) is 12.1 Å². The van der Waals surface area contributed by atoms with Crippen molar-refractivity contribution in [3.63, 3.8) is 0 Å². The molecule has 1 rings (SSSR count). The Labute approximate surface area is 82.1 Å². The Morgan fingerprint density at radius 1 is 0.933 bits per heavy atom. The number of alkyl halides is 5. The van der Waals surface area contributed by atoms with Crippen LogP contribution in [-0.4, -0.2) is 11.7 Å². The Kier molecular flexibility index (Phi) is 2.99. The van der Waals surface area contributed by atoms with Gasteiger partial charge in [-0.15, -0.1) is 0 Å². The summed E-state index contributed by atoms with van der Waals surface area (Å²) in [5, 5.41) is 8.32. The molecule has 0 spiro atoms. The maximum atomic E-state index is 12.9. The summed E-state index contributed by atoms with van der Waals surface area (Å²) in [7, 11) is 0. The smallest absolute Gasteiger partial charge is 0.390 e. The molecule has 0 bridgehead atoms. The molecule has 1 nitrogen and oxygen atoms in total. The molecule has 0 radical (unpaired) electrons. The van der Waals surface area contributed by atoms with E-state index in [9.17, 15) is 22.0 Å². The summed E-state index contributed by atoms with van der Waals surface area (Å²) in [4.78, 5) is 0. The summed E-state index contributed by atoms with van der Waals surface area (Å²) in [5.41, 5.74) is -2.64. The van der Waals surface area contributed by atoms with E-state index >= 15 is 0 Å². The van der Waals surface area contributed by atoms with Gasteiger partial charge in [0.15, 0.2) is 0 Å². The van der Waals surface area contributed by atoms with Gasteiger partial charge in [0.25, 0.3) is 5.92 Å². The Balaban J connectivity index is 3.31. The van der Waals surface area contributed by atoms with Crippen LogP contribution in [0.25, 0.3) is 0 Å². The first kappa shape index (κ1) is 11.9. The van der Waals surface area contributed by atoms with Crippen molar-refractivity contribution in [3.8, 4) is 0 Å². The fourth-order valence-electron chi connectivity index (χ4n) is 1.13. The van der Waals surface area contributed by atoms with Gasteiger partial charge in [0.05, 0.1) is 5.56 Å². The lowest BCUT2D eigenvalue weighted by atomic mass is 10.0. The van der Waals surface area contributed by atoms with Crippen molar-refractivity contribution in [1.82, 2.24) is 0 Å². The summed E-state index contributed by atoms with van der Waals surface area (Å²) in [6.07, 6.45) is -4.85. The standard InChI is InChI=1S/C9H7F5O/c10-8(11,5-15)6-3-1-2-4-7(6)9(12,13)14/h1-4,15H,5H2. The predicted octanol–water partition coefficient (Wildman–Crippen LogP) is 2.79. The van der Waals surface area contributed by atoms with E-state index in [0.29, 0.717) is 12.1 Å². The van der Waals surface area contributed by atoms with Crippen LogP contribution in [0.4, 0.5) is 22.0 Å². The van der Waals surface area contributed by atoms with E-state index in [0.717, 1.165) is 12.1 Å². The molecular weight excluding hydrogens is 219 g/mol. The van der Waals surface area contributed by atoms with E-state index in [4.69, 9.17) is 5.11 Å². The molecule has 0 aromatic heterocycles. The number of hydrogen-bond donors (Lipinski definition) is 1. The third-order valence-corrected chi connectivity index (χ3v) is 1.83. The van der Waals surface area contributed by atoms with Gasteiger partial charge in [-0.3, -0.25) is 0 Å². The number of aliphatic hydroxyl groups is 1. The quantitative estimate of drug-likeness (QED) is 0.769. The van der Waals surface area contributed by atoms with Gasteiger partial charge in [-0.2, -0.15) is 22.0 Å². The summed E-state index contributed by atoms with van der Waals surface area (Å²) in [6, 6.07) is 3.28. The lowest BCUT2D eigenvalue weighted by molar-refractivity contribution is -0.143. The largest absolute Gasteiger partial charge is 0.416 e. The first-order valence-corrected chi connectivity index (χ1v) is 3.94. The van der Waals surface area contributed by atoms with Crippen LogP contribution in [0.15, 0.2) is 24.3 Å². The van der Waals surface area contributed by atoms with Crippen LogP contribution in [0, 0.1) is 0 Å². The molecule has 1 aromatic carbocycles. The third kappa shape index (κ3) is 2.44. The van der Waals surface area contributed by atoms with Gasteiger partial charge in [0.2, 0.25) is 0 Å². The maximum absolute atomic E-state index is 12.9. The summed E-state index contributed by atoms with van der Waals surface area (Å²) < 4.78 is 62.8. The second kappa shape index (κ2) is 3.77. The molecule has 1 aromatic rings. The second-order valence-electron chi connectivity index (χ2n) is 2.91. The van der Waals surface area contributed by atoms with Crippen LogP contribution in [0.2, 0.25) is 0 Å². The van der Waals surface area contributed by atoms with Crippen molar-refractivity contribution in [2.75, 3.05) is 6.61 Å². The molecule has 6 heteroatoms. The summed E-state index contributed by atoms with van der Waals surface area (Å²) in [6.45, 7) is -1.65. The molecule has 0 aliphatic rings. The first-order valence-electron chi connectivity index (χ1n) is 3.94. The van der Waals surface area contributed by atoms with E-state index < -0.39 is 29.8 Å². The van der Waals surface area contributed by atoms with Gasteiger partial charge in [0, 0.05) is 5.56 Å². The van der Waals surface area contributed by atoms with Gasteiger partial charge in [-0.25, -0.2) is 0 Å². The van der Waals surface area contributed by atoms with Crippen LogP contribution in [0.5, 0.6) is 0 Å². The minimum absolute atomic E-state index is 0.554. The van der Waals surface area contributed by atoms with Gasteiger partial charge < -0.3 is 5.11 Å². The Hall–Kier alpha value is -1.17. The van der Waals surface area contributed by atoms with Crippen molar-refractivity contribution in [3.05, 3.63) is 35.4 Å². The van der Waals surface area contributed by atoms with Crippen molar-refractivity contribution >= 4 is 0 Å². The lowest BCUT2D eigenvalue weighted by Crippen LogP contribution is -2.23. The van der Waals surface area contributed by atoms with Gasteiger partial charge in [0.1, 0.15) is 6.61 Å². The van der Waals surface area contributed by atoms with E-state index in [1.807, 2.05) is 0 Å². The molecule has 0 unspecified atom stereocenters. The fraction of sp³-hybridized carbons (Fsp3) is 0.333. The van der Waals surface area contributed by atoms with Crippen LogP contribution in [0.1, 0.15) is 11.1 Å². The number of rotatable bonds is 2. The Morgan fingerprint density at radius 3 is 1.80 bits per heavy atom. The van der Waals surface area contributed by atoms with Crippen LogP contribution in [-0.2, 0) is 12.1 Å². The average molecular weight is 226 g/mol. The molecule has 84 valence electrons. The van der Waals surface area contributed by atoms with Gasteiger partial charge >= 0.3 is 6.18 Å². The Morgan fingerprint density at radius 2 is 1.40 bits per heavy atom. The molecule has 0 aliphatic carbocycles. The first-order chi connectivity index (χ1) is 6.79. The minimum Gasteiger partial charge on any atom is -0.390 e. The van der Waals surface area contributed by atoms with Crippen molar-refractivity contribution < 1.29 is 27.1 Å². The van der Waals surface area contributed by atoms with Crippen molar-refractivity contribution in [1.29, 1.82) is 0 Å². The lowest BCUT2D eigenvalue weighted by Gasteiger charge is -2.19. The average Bonchev–Trinajstić information content (AvgIpc) is 2.16. The molecule has 1 N–H and O–H groups in total. The Bertz CT molecular complexity index is 345. The molecule has 0 fully saturated rings. The van der Waals surface area contributed by atoms with Gasteiger partial charge in [-0.1, -0.05) is 18.2 Å². The highest BCUT2D eigenvalue weighted by atomic mass is 19.4. The molecule has 0 atom stereocenters. The molecular formula is C9H7F5O. The number of halogens is 5. The zero-order valence-corrected chi connectivity index (χ0v) is 7.35. The zero-order chi connectivity index (χ0) is 11.7. The van der Waals surface area contributed by atoms with Gasteiger partial charge in [-0.05, 0) is 6.07 Å². The maximum Gasteiger partial charge on any atom is 0.416 e. The van der Waals surface area contributed by atoms with E-state index in [1.54, 1.807) is 0 Å². The van der Waals surface area contributed by atoms with Crippen LogP contribution >= 0.6 is 0 Å². The topological polar surface area (TPSA) is 20.2 Å². The van der Waals surface area contributed by atoms with E-state index in [2.05, 4.69) is 0 Å². The highest BCUT2D eigenvalue weighted by Gasteiger charge is 2.41. The number of aliphatic hydroxyl groups excluding tert-OH is 1. The molecule has 0 heterocycles. The summed E-state index contributed by atoms with van der Waals surface area (Å²) in [5.74, 6) is -3.88. The third-order valence-electron chi connectivity index (χ3n) is 1.83. The fourth-order valence-corrected chi connectivity index (χ4v) is 1.13. The predicted molar refractivity (Wildman–Crippen MR) is 42.4 cm³/mol. The second-order valence-corrected chi connectivity index (χ2v) is 2.91. The minimum atomic E-state index is -4.85. The van der Waals surface area contributed by atoms with Crippen LogP contribution in [0.3, 0.4) is 0 Å². The molecule has 15 heavy (non-hydrogen) atoms.